The van der Waals surface area contributed by atoms with Crippen LogP contribution in [0.2, 0.25) is 0 Å². The lowest BCUT2D eigenvalue weighted by Crippen LogP contribution is -2.02. The van der Waals surface area contributed by atoms with E-state index in [1.54, 1.807) is 12.1 Å². The third-order valence-electron chi connectivity index (χ3n) is 3.61. The van der Waals surface area contributed by atoms with Crippen LogP contribution >= 0.6 is 8.60 Å². The molecule has 0 aliphatic carbocycles. The van der Waals surface area contributed by atoms with E-state index in [9.17, 15) is 0 Å². The van der Waals surface area contributed by atoms with Crippen LogP contribution in [0.25, 0.3) is 0 Å². The van der Waals surface area contributed by atoms with Gasteiger partial charge in [-0.2, -0.15) is 0 Å². The molecule has 0 radical (unpaired) electrons. The van der Waals surface area contributed by atoms with Gasteiger partial charge >= 0.3 is 8.60 Å². The summed E-state index contributed by atoms with van der Waals surface area (Å²) in [6.07, 6.45) is 8.84. The van der Waals surface area contributed by atoms with Crippen molar-refractivity contribution in [2.75, 3.05) is 0 Å². The fourth-order valence-electron chi connectivity index (χ4n) is 2.52. The Hall–Kier alpha value is -0.630. The van der Waals surface area contributed by atoms with Crippen molar-refractivity contribution in [2.24, 2.45) is 5.92 Å². The summed E-state index contributed by atoms with van der Waals surface area (Å²) in [5.41, 5.74) is 1.29. The minimum atomic E-state index is -2.32. The molecule has 0 aliphatic rings. The SMILES string of the molecule is CCCCC(CCC)CCc1ccc(OP(O)O)cc1. The quantitative estimate of drug-likeness (QED) is 0.609. The van der Waals surface area contributed by atoms with Crippen LogP contribution in [0, 0.1) is 5.92 Å². The molecule has 0 saturated carbocycles. The first-order valence-electron chi connectivity index (χ1n) is 7.60. The highest BCUT2D eigenvalue weighted by Crippen LogP contribution is 2.29. The van der Waals surface area contributed by atoms with E-state index in [0.717, 1.165) is 12.3 Å². The van der Waals surface area contributed by atoms with Crippen LogP contribution in [0.3, 0.4) is 0 Å². The van der Waals surface area contributed by atoms with Crippen molar-refractivity contribution in [3.8, 4) is 5.75 Å². The van der Waals surface area contributed by atoms with Crippen molar-refractivity contribution in [2.45, 2.75) is 58.8 Å². The number of aryl methyl sites for hydroxylation is 1. The van der Waals surface area contributed by atoms with Crippen LogP contribution in [-0.4, -0.2) is 9.79 Å². The minimum absolute atomic E-state index is 0.515. The molecule has 0 aliphatic heterocycles. The van der Waals surface area contributed by atoms with E-state index in [1.807, 2.05) is 12.1 Å². The van der Waals surface area contributed by atoms with Crippen LogP contribution in [-0.2, 0) is 6.42 Å². The summed E-state index contributed by atoms with van der Waals surface area (Å²) in [4.78, 5) is 17.6. The molecular weight excluding hydrogens is 271 g/mol. The first-order chi connectivity index (χ1) is 9.65. The summed E-state index contributed by atoms with van der Waals surface area (Å²) in [7, 11) is -2.32. The van der Waals surface area contributed by atoms with Gasteiger partial charge in [-0.15, -0.1) is 0 Å². The lowest BCUT2D eigenvalue weighted by molar-refractivity contribution is 0.375. The molecule has 0 saturated heterocycles. The molecule has 1 aromatic rings. The number of benzene rings is 1. The Labute approximate surface area is 124 Å². The van der Waals surface area contributed by atoms with E-state index < -0.39 is 8.60 Å². The lowest BCUT2D eigenvalue weighted by atomic mass is 9.91. The maximum absolute atomic E-state index is 8.79. The van der Waals surface area contributed by atoms with Gasteiger partial charge < -0.3 is 14.3 Å². The third kappa shape index (κ3) is 7.23. The maximum atomic E-state index is 8.79. The Morgan fingerprint density at radius 1 is 1.00 bits per heavy atom. The topological polar surface area (TPSA) is 49.7 Å². The minimum Gasteiger partial charge on any atom is -0.427 e. The van der Waals surface area contributed by atoms with Gasteiger partial charge in [0.25, 0.3) is 0 Å². The summed E-state index contributed by atoms with van der Waals surface area (Å²) in [6, 6.07) is 7.63. The standard InChI is InChI=1S/C16H27O3P/c1-3-5-7-14(6-4-2)8-9-15-10-12-16(13-11-15)19-20(17)18/h10-14,17-18H,3-9H2,1-2H3. The second-order valence-electron chi connectivity index (χ2n) is 5.32. The van der Waals surface area contributed by atoms with E-state index in [4.69, 9.17) is 14.3 Å². The number of unbranched alkanes of at least 4 members (excludes halogenated alkanes) is 1. The molecule has 0 spiro atoms. The van der Waals surface area contributed by atoms with Crippen LogP contribution in [0.4, 0.5) is 0 Å². The van der Waals surface area contributed by atoms with E-state index in [1.165, 1.54) is 44.1 Å². The molecule has 1 atom stereocenters. The number of rotatable bonds is 10. The zero-order valence-electron chi connectivity index (χ0n) is 12.6. The van der Waals surface area contributed by atoms with E-state index in [-0.39, 0.29) is 0 Å². The van der Waals surface area contributed by atoms with Crippen molar-refractivity contribution in [3.05, 3.63) is 29.8 Å². The molecule has 1 aromatic carbocycles. The van der Waals surface area contributed by atoms with Gasteiger partial charge in [0, 0.05) is 0 Å². The van der Waals surface area contributed by atoms with Gasteiger partial charge in [-0.3, -0.25) is 0 Å². The summed E-state index contributed by atoms with van der Waals surface area (Å²) in [5.74, 6) is 1.35. The monoisotopic (exact) mass is 298 g/mol. The van der Waals surface area contributed by atoms with Gasteiger partial charge in [0.15, 0.2) is 0 Å². The Bertz CT molecular complexity index is 351. The second kappa shape index (κ2) is 10.1. The van der Waals surface area contributed by atoms with Crippen molar-refractivity contribution in [1.29, 1.82) is 0 Å². The van der Waals surface area contributed by atoms with Gasteiger partial charge in [-0.25, -0.2) is 0 Å². The molecule has 0 heterocycles. The average Bonchev–Trinajstić information content (AvgIpc) is 2.43. The van der Waals surface area contributed by atoms with Crippen molar-refractivity contribution in [1.82, 2.24) is 0 Å². The summed E-state index contributed by atoms with van der Waals surface area (Å²) >= 11 is 0. The fraction of sp³-hybridized carbons (Fsp3) is 0.625. The molecule has 3 nitrogen and oxygen atoms in total. The van der Waals surface area contributed by atoms with E-state index in [0.29, 0.717) is 5.75 Å². The lowest BCUT2D eigenvalue weighted by Gasteiger charge is -2.15. The Morgan fingerprint density at radius 3 is 2.25 bits per heavy atom. The predicted octanol–water partition coefficient (Wildman–Crippen LogP) is 4.82. The molecule has 114 valence electrons. The largest absolute Gasteiger partial charge is 0.427 e. The Kier molecular flexibility index (Phi) is 8.84. The van der Waals surface area contributed by atoms with Crippen LogP contribution in [0.1, 0.15) is 57.9 Å². The first-order valence-corrected chi connectivity index (χ1v) is 8.77. The smallest absolute Gasteiger partial charge is 0.391 e. The average molecular weight is 298 g/mol. The normalized spacial score (nSPS) is 12.7. The summed E-state index contributed by atoms with van der Waals surface area (Å²) in [6.45, 7) is 4.51. The second-order valence-corrected chi connectivity index (χ2v) is 6.01. The first kappa shape index (κ1) is 17.4. The highest BCUT2D eigenvalue weighted by Gasteiger charge is 2.08. The molecule has 4 heteroatoms. The Balaban J connectivity index is 2.42. The molecule has 0 bridgehead atoms. The molecule has 0 fully saturated rings. The zero-order chi connectivity index (χ0) is 14.8. The summed E-state index contributed by atoms with van der Waals surface area (Å²) < 4.78 is 4.86. The fourth-order valence-corrected chi connectivity index (χ4v) is 2.83. The molecule has 1 unspecified atom stereocenters. The Morgan fingerprint density at radius 2 is 1.70 bits per heavy atom. The zero-order valence-corrected chi connectivity index (χ0v) is 13.5. The van der Waals surface area contributed by atoms with E-state index in [2.05, 4.69) is 13.8 Å². The number of hydrogen-bond acceptors (Lipinski definition) is 3. The third-order valence-corrected chi connectivity index (χ3v) is 3.99. The van der Waals surface area contributed by atoms with Gasteiger partial charge in [0.1, 0.15) is 5.75 Å². The molecule has 0 amide bonds. The van der Waals surface area contributed by atoms with Crippen molar-refractivity contribution in [3.63, 3.8) is 0 Å². The summed E-state index contributed by atoms with van der Waals surface area (Å²) in [5, 5.41) is 0. The van der Waals surface area contributed by atoms with Crippen molar-refractivity contribution < 1.29 is 14.3 Å². The molecule has 0 aromatic heterocycles. The highest BCUT2D eigenvalue weighted by molar-refractivity contribution is 7.39. The highest BCUT2D eigenvalue weighted by atomic mass is 31.2. The number of hydrogen-bond donors (Lipinski definition) is 2. The van der Waals surface area contributed by atoms with E-state index >= 15 is 0 Å². The van der Waals surface area contributed by atoms with Crippen molar-refractivity contribution >= 4 is 8.60 Å². The molecule has 2 N–H and O–H groups in total. The van der Waals surface area contributed by atoms with Crippen LogP contribution in [0.15, 0.2) is 24.3 Å². The van der Waals surface area contributed by atoms with Crippen LogP contribution < -0.4 is 4.52 Å². The van der Waals surface area contributed by atoms with Gasteiger partial charge in [-0.1, -0.05) is 58.1 Å². The molecule has 1 rings (SSSR count). The molecular formula is C16H27O3P. The van der Waals surface area contributed by atoms with Gasteiger partial charge in [0.2, 0.25) is 0 Å². The maximum Gasteiger partial charge on any atom is 0.391 e. The van der Waals surface area contributed by atoms with Gasteiger partial charge in [0.05, 0.1) is 0 Å². The molecule has 20 heavy (non-hydrogen) atoms. The van der Waals surface area contributed by atoms with Gasteiger partial charge in [-0.05, 0) is 36.5 Å². The predicted molar refractivity (Wildman–Crippen MR) is 84.7 cm³/mol. The van der Waals surface area contributed by atoms with Crippen LogP contribution in [0.5, 0.6) is 5.75 Å².